The van der Waals surface area contributed by atoms with E-state index in [4.69, 9.17) is 4.74 Å². The molecule has 2 aliphatic rings. The lowest BCUT2D eigenvalue weighted by molar-refractivity contribution is -0.121. The average Bonchev–Trinajstić information content (AvgIpc) is 2.47. The Morgan fingerprint density at radius 3 is 2.56 bits per heavy atom. The molecule has 1 aromatic heterocycles. The second-order valence-corrected chi connectivity index (χ2v) is 7.26. The molecule has 0 bridgehead atoms. The Hall–Kier alpha value is -2.64. The smallest absolute Gasteiger partial charge is 0.340 e. The summed E-state index contributed by atoms with van der Waals surface area (Å²) in [4.78, 5) is 43.0. The van der Waals surface area contributed by atoms with Crippen LogP contribution in [0.4, 0.5) is 10.6 Å². The van der Waals surface area contributed by atoms with Crippen molar-refractivity contribution in [2.45, 2.75) is 38.8 Å². The molecule has 0 aliphatic carbocycles. The van der Waals surface area contributed by atoms with Gasteiger partial charge in [-0.05, 0) is 32.9 Å². The third-order valence-electron chi connectivity index (χ3n) is 4.10. The SMILES string of the molecule is CC(C)(C)OC(=O)c1ccc(N2CC(N3CCC(=O)NC3=O)C2)nc1. The van der Waals surface area contributed by atoms with E-state index < -0.39 is 11.6 Å². The van der Waals surface area contributed by atoms with E-state index in [9.17, 15) is 14.4 Å². The number of hydrogen-bond acceptors (Lipinski definition) is 6. The molecule has 0 unspecified atom stereocenters. The lowest BCUT2D eigenvalue weighted by Crippen LogP contribution is -2.65. The maximum atomic E-state index is 12.0. The predicted molar refractivity (Wildman–Crippen MR) is 90.3 cm³/mol. The second-order valence-electron chi connectivity index (χ2n) is 7.26. The second kappa shape index (κ2) is 6.34. The van der Waals surface area contributed by atoms with E-state index in [2.05, 4.69) is 10.3 Å². The minimum absolute atomic E-state index is 0.0698. The molecular weight excluding hydrogens is 324 g/mol. The zero-order valence-corrected chi connectivity index (χ0v) is 14.6. The number of urea groups is 1. The number of pyridine rings is 1. The molecule has 0 radical (unpaired) electrons. The largest absolute Gasteiger partial charge is 0.456 e. The van der Waals surface area contributed by atoms with Gasteiger partial charge in [0, 0.05) is 32.3 Å². The van der Waals surface area contributed by atoms with Gasteiger partial charge in [-0.25, -0.2) is 14.6 Å². The van der Waals surface area contributed by atoms with Crippen LogP contribution in [-0.2, 0) is 9.53 Å². The number of nitrogens with one attached hydrogen (secondary N) is 1. The first-order chi connectivity index (χ1) is 11.7. The number of ether oxygens (including phenoxy) is 1. The van der Waals surface area contributed by atoms with Crippen molar-refractivity contribution in [3.8, 4) is 0 Å². The zero-order valence-electron chi connectivity index (χ0n) is 14.6. The van der Waals surface area contributed by atoms with Crippen LogP contribution in [0.3, 0.4) is 0 Å². The summed E-state index contributed by atoms with van der Waals surface area (Å²) < 4.78 is 5.31. The molecule has 2 aliphatic heterocycles. The highest BCUT2D eigenvalue weighted by Crippen LogP contribution is 2.23. The van der Waals surface area contributed by atoms with Crippen LogP contribution in [0, 0.1) is 0 Å². The van der Waals surface area contributed by atoms with Gasteiger partial charge >= 0.3 is 12.0 Å². The first kappa shape index (κ1) is 17.2. The number of imide groups is 1. The standard InChI is InChI=1S/C17H22N4O4/c1-17(2,3)25-15(23)11-4-5-13(18-8-11)20-9-12(10-20)21-7-6-14(22)19-16(21)24/h4-5,8,12H,6-7,9-10H2,1-3H3,(H,19,22,24). The van der Waals surface area contributed by atoms with Crippen molar-refractivity contribution in [2.24, 2.45) is 0 Å². The molecule has 134 valence electrons. The molecule has 3 heterocycles. The van der Waals surface area contributed by atoms with E-state index in [1.807, 2.05) is 25.7 Å². The molecule has 3 rings (SSSR count). The van der Waals surface area contributed by atoms with Gasteiger partial charge in [-0.15, -0.1) is 0 Å². The van der Waals surface area contributed by atoms with E-state index in [-0.39, 0.29) is 18.0 Å². The zero-order chi connectivity index (χ0) is 18.2. The van der Waals surface area contributed by atoms with Crippen molar-refractivity contribution in [3.63, 3.8) is 0 Å². The van der Waals surface area contributed by atoms with Crippen molar-refractivity contribution in [1.29, 1.82) is 0 Å². The highest BCUT2D eigenvalue weighted by atomic mass is 16.6. The molecule has 8 nitrogen and oxygen atoms in total. The van der Waals surface area contributed by atoms with Gasteiger partial charge in [0.05, 0.1) is 11.6 Å². The van der Waals surface area contributed by atoms with Crippen molar-refractivity contribution in [2.75, 3.05) is 24.5 Å². The number of carbonyl (C=O) groups excluding carboxylic acids is 3. The van der Waals surface area contributed by atoms with Crippen molar-refractivity contribution in [3.05, 3.63) is 23.9 Å². The molecule has 0 aromatic carbocycles. The van der Waals surface area contributed by atoms with Crippen LogP contribution < -0.4 is 10.2 Å². The predicted octanol–water partition coefficient (Wildman–Crippen LogP) is 1.17. The Labute approximate surface area is 146 Å². The number of carbonyl (C=O) groups is 3. The Morgan fingerprint density at radius 1 is 1.28 bits per heavy atom. The number of aromatic nitrogens is 1. The summed E-state index contributed by atoms with van der Waals surface area (Å²) >= 11 is 0. The Morgan fingerprint density at radius 2 is 2.00 bits per heavy atom. The lowest BCUT2D eigenvalue weighted by atomic mass is 10.1. The van der Waals surface area contributed by atoms with Gasteiger partial charge in [0.2, 0.25) is 5.91 Å². The molecule has 1 aromatic rings. The quantitative estimate of drug-likeness (QED) is 0.826. The Kier molecular flexibility index (Phi) is 4.36. The summed E-state index contributed by atoms with van der Waals surface area (Å²) in [5.74, 6) is 0.122. The van der Waals surface area contributed by atoms with Gasteiger partial charge < -0.3 is 14.5 Å². The monoisotopic (exact) mass is 346 g/mol. The number of amides is 3. The third kappa shape index (κ3) is 3.89. The highest BCUT2D eigenvalue weighted by Gasteiger charge is 2.37. The molecule has 1 N–H and O–H groups in total. The van der Waals surface area contributed by atoms with E-state index in [0.717, 1.165) is 5.82 Å². The summed E-state index contributed by atoms with van der Waals surface area (Å²) in [6.45, 7) is 7.21. The highest BCUT2D eigenvalue weighted by molar-refractivity contribution is 5.96. The Bertz CT molecular complexity index is 690. The van der Waals surface area contributed by atoms with Crippen LogP contribution in [0.15, 0.2) is 18.3 Å². The van der Waals surface area contributed by atoms with Crippen molar-refractivity contribution in [1.82, 2.24) is 15.2 Å². The average molecular weight is 346 g/mol. The minimum atomic E-state index is -0.545. The molecule has 25 heavy (non-hydrogen) atoms. The van der Waals surface area contributed by atoms with E-state index in [1.165, 1.54) is 6.20 Å². The normalized spacial score (nSPS) is 18.7. The van der Waals surface area contributed by atoms with Gasteiger partial charge in [-0.1, -0.05) is 0 Å². The summed E-state index contributed by atoms with van der Waals surface area (Å²) in [6.07, 6.45) is 1.84. The maximum absolute atomic E-state index is 12.0. The van der Waals surface area contributed by atoms with Crippen LogP contribution >= 0.6 is 0 Å². The van der Waals surface area contributed by atoms with Crippen molar-refractivity contribution < 1.29 is 19.1 Å². The topological polar surface area (TPSA) is 91.8 Å². The summed E-state index contributed by atoms with van der Waals surface area (Å²) in [5, 5.41) is 2.33. The third-order valence-corrected chi connectivity index (χ3v) is 4.10. The van der Waals surface area contributed by atoms with Crippen LogP contribution in [-0.4, -0.2) is 59.1 Å². The van der Waals surface area contributed by atoms with Gasteiger partial charge in [0.15, 0.2) is 0 Å². The molecular formula is C17H22N4O4. The van der Waals surface area contributed by atoms with Gasteiger partial charge in [-0.3, -0.25) is 10.1 Å². The molecule has 0 saturated carbocycles. The number of nitrogens with zero attached hydrogens (tertiary/aromatic N) is 3. The number of esters is 1. The molecule has 8 heteroatoms. The molecule has 2 fully saturated rings. The van der Waals surface area contributed by atoms with Crippen LogP contribution in [0.5, 0.6) is 0 Å². The Balaban J connectivity index is 1.56. The maximum Gasteiger partial charge on any atom is 0.340 e. The summed E-state index contributed by atoms with van der Waals surface area (Å²) in [6, 6.07) is 3.21. The van der Waals surface area contributed by atoms with Gasteiger partial charge in [-0.2, -0.15) is 0 Å². The number of hydrogen-bond donors (Lipinski definition) is 1. The van der Waals surface area contributed by atoms with Crippen LogP contribution in [0.2, 0.25) is 0 Å². The summed E-state index contributed by atoms with van der Waals surface area (Å²) in [5.41, 5.74) is -0.138. The first-order valence-corrected chi connectivity index (χ1v) is 8.28. The minimum Gasteiger partial charge on any atom is -0.456 e. The molecule has 2 saturated heterocycles. The van der Waals surface area contributed by atoms with Gasteiger partial charge in [0.1, 0.15) is 11.4 Å². The van der Waals surface area contributed by atoms with Crippen LogP contribution in [0.25, 0.3) is 0 Å². The molecule has 0 spiro atoms. The van der Waals surface area contributed by atoms with Gasteiger partial charge in [0.25, 0.3) is 0 Å². The fraction of sp³-hybridized carbons (Fsp3) is 0.529. The van der Waals surface area contributed by atoms with E-state index in [1.54, 1.807) is 17.0 Å². The van der Waals surface area contributed by atoms with E-state index >= 15 is 0 Å². The molecule has 0 atom stereocenters. The number of rotatable bonds is 3. The first-order valence-electron chi connectivity index (χ1n) is 8.28. The number of anilines is 1. The molecule has 3 amide bonds. The fourth-order valence-corrected chi connectivity index (χ4v) is 2.80. The fourth-order valence-electron chi connectivity index (χ4n) is 2.80. The van der Waals surface area contributed by atoms with Crippen LogP contribution in [0.1, 0.15) is 37.6 Å². The summed E-state index contributed by atoms with van der Waals surface area (Å²) in [7, 11) is 0. The lowest BCUT2D eigenvalue weighted by Gasteiger charge is -2.46. The van der Waals surface area contributed by atoms with Crippen molar-refractivity contribution >= 4 is 23.7 Å². The van der Waals surface area contributed by atoms with E-state index in [0.29, 0.717) is 31.6 Å².